The van der Waals surface area contributed by atoms with Crippen molar-refractivity contribution >= 4 is 39.4 Å². The van der Waals surface area contributed by atoms with Gasteiger partial charge in [0.2, 0.25) is 5.91 Å². The molecule has 0 aliphatic rings. The van der Waals surface area contributed by atoms with Crippen LogP contribution in [0.1, 0.15) is 40.7 Å². The minimum absolute atomic E-state index is 0.0411. The summed E-state index contributed by atoms with van der Waals surface area (Å²) in [7, 11) is 0. The van der Waals surface area contributed by atoms with Crippen molar-refractivity contribution in [3.63, 3.8) is 0 Å². The first kappa shape index (κ1) is 23.2. The Morgan fingerprint density at radius 1 is 1.06 bits per heavy atom. The quantitative estimate of drug-likeness (QED) is 0.262. The maximum absolute atomic E-state index is 12.6. The Hall–Kier alpha value is -2.45. The Kier molecular flexibility index (Phi) is 8.03. The zero-order chi connectivity index (χ0) is 22.4. The molecule has 0 bridgehead atoms. The standard InChI is InChI=1S/C23H25BrN4O2S/c1-15-6-11-20(13-16(15)2)28-22(5-4-12-25-17(3)29)26-27-23(28)31-14-21(30)18-7-9-19(24)10-8-18/h6-11,13H,4-5,12,14H2,1-3H3,(H,25,29). The summed E-state index contributed by atoms with van der Waals surface area (Å²) >= 11 is 4.77. The number of carbonyl (C=O) groups excluding carboxylic acids is 2. The van der Waals surface area contributed by atoms with Gasteiger partial charge in [0.1, 0.15) is 5.82 Å². The summed E-state index contributed by atoms with van der Waals surface area (Å²) in [5.41, 5.74) is 4.03. The fourth-order valence-electron chi connectivity index (χ4n) is 3.04. The van der Waals surface area contributed by atoms with Gasteiger partial charge in [-0.15, -0.1) is 10.2 Å². The molecule has 0 atom stereocenters. The number of rotatable bonds is 9. The number of hydrogen-bond donors (Lipinski definition) is 1. The van der Waals surface area contributed by atoms with Crippen molar-refractivity contribution in [1.29, 1.82) is 0 Å². The van der Waals surface area contributed by atoms with Gasteiger partial charge in [-0.2, -0.15) is 0 Å². The lowest BCUT2D eigenvalue weighted by molar-refractivity contribution is -0.118. The van der Waals surface area contributed by atoms with Gasteiger partial charge in [-0.25, -0.2) is 0 Å². The van der Waals surface area contributed by atoms with Crippen molar-refractivity contribution in [3.05, 3.63) is 69.5 Å². The third kappa shape index (κ3) is 6.27. The van der Waals surface area contributed by atoms with Crippen molar-refractivity contribution in [2.24, 2.45) is 0 Å². The molecule has 0 radical (unpaired) electrons. The first-order chi connectivity index (χ1) is 14.8. The number of halogens is 1. The van der Waals surface area contributed by atoms with Gasteiger partial charge in [-0.3, -0.25) is 14.2 Å². The molecule has 1 heterocycles. The number of amides is 1. The van der Waals surface area contributed by atoms with Crippen molar-refractivity contribution in [2.75, 3.05) is 12.3 Å². The Labute approximate surface area is 195 Å². The minimum atomic E-state index is -0.0432. The van der Waals surface area contributed by atoms with E-state index in [1.807, 2.05) is 34.9 Å². The van der Waals surface area contributed by atoms with E-state index in [1.165, 1.54) is 29.8 Å². The minimum Gasteiger partial charge on any atom is -0.356 e. The molecule has 0 saturated carbocycles. The number of nitrogens with one attached hydrogen (secondary N) is 1. The maximum Gasteiger partial charge on any atom is 0.216 e. The fourth-order valence-corrected chi connectivity index (χ4v) is 4.17. The summed E-state index contributed by atoms with van der Waals surface area (Å²) in [6.07, 6.45) is 1.42. The van der Waals surface area contributed by atoms with Gasteiger partial charge in [-0.1, -0.05) is 45.9 Å². The summed E-state index contributed by atoms with van der Waals surface area (Å²) in [5.74, 6) is 1.08. The first-order valence-corrected chi connectivity index (χ1v) is 11.8. The second kappa shape index (κ2) is 10.7. The smallest absolute Gasteiger partial charge is 0.216 e. The van der Waals surface area contributed by atoms with Crippen LogP contribution in [0.15, 0.2) is 52.1 Å². The molecule has 0 aliphatic carbocycles. The molecule has 31 heavy (non-hydrogen) atoms. The predicted octanol–water partition coefficient (Wildman–Crippen LogP) is 4.69. The van der Waals surface area contributed by atoms with E-state index in [4.69, 9.17) is 0 Å². The molecule has 0 aliphatic heterocycles. The molecule has 1 aromatic heterocycles. The molecule has 162 valence electrons. The Balaban J connectivity index is 1.81. The average Bonchev–Trinajstić information content (AvgIpc) is 3.14. The van der Waals surface area contributed by atoms with Gasteiger partial charge >= 0.3 is 0 Å². The van der Waals surface area contributed by atoms with E-state index in [1.54, 1.807) is 0 Å². The van der Waals surface area contributed by atoms with Gasteiger partial charge in [0.05, 0.1) is 5.75 Å². The first-order valence-electron chi connectivity index (χ1n) is 10.0. The van der Waals surface area contributed by atoms with Gasteiger partial charge in [-0.05, 0) is 55.7 Å². The third-order valence-corrected chi connectivity index (χ3v) is 6.36. The number of ketones is 1. The second-order valence-corrected chi connectivity index (χ2v) is 9.17. The lowest BCUT2D eigenvalue weighted by Crippen LogP contribution is -2.21. The lowest BCUT2D eigenvalue weighted by atomic mass is 10.1. The van der Waals surface area contributed by atoms with Gasteiger partial charge in [0, 0.05) is 35.6 Å². The molecule has 8 heteroatoms. The van der Waals surface area contributed by atoms with Crippen LogP contribution >= 0.6 is 27.7 Å². The van der Waals surface area contributed by atoms with Crippen molar-refractivity contribution in [1.82, 2.24) is 20.1 Å². The zero-order valence-corrected chi connectivity index (χ0v) is 20.2. The van der Waals surface area contributed by atoms with Gasteiger partial charge < -0.3 is 5.32 Å². The second-order valence-electron chi connectivity index (χ2n) is 7.31. The number of thioether (sulfide) groups is 1. The number of carbonyl (C=O) groups is 2. The van der Waals surface area contributed by atoms with Gasteiger partial charge in [0.15, 0.2) is 10.9 Å². The lowest BCUT2D eigenvalue weighted by Gasteiger charge is -2.12. The Morgan fingerprint density at radius 2 is 1.81 bits per heavy atom. The van der Waals surface area contributed by atoms with E-state index in [2.05, 4.69) is 57.4 Å². The zero-order valence-electron chi connectivity index (χ0n) is 17.8. The normalized spacial score (nSPS) is 10.8. The summed E-state index contributed by atoms with van der Waals surface area (Å²) in [4.78, 5) is 23.7. The molecule has 2 aromatic carbocycles. The molecule has 0 saturated heterocycles. The Morgan fingerprint density at radius 3 is 2.48 bits per heavy atom. The van der Waals surface area contributed by atoms with Crippen LogP contribution in [0.2, 0.25) is 0 Å². The topological polar surface area (TPSA) is 76.9 Å². The van der Waals surface area contributed by atoms with E-state index in [0.29, 0.717) is 23.7 Å². The van der Waals surface area contributed by atoms with Crippen LogP contribution in [0.5, 0.6) is 0 Å². The van der Waals surface area contributed by atoms with E-state index >= 15 is 0 Å². The van der Waals surface area contributed by atoms with E-state index in [0.717, 1.165) is 22.4 Å². The Bertz CT molecular complexity index is 1080. The molecule has 1 N–H and O–H groups in total. The highest BCUT2D eigenvalue weighted by atomic mass is 79.9. The van der Waals surface area contributed by atoms with Crippen LogP contribution in [0, 0.1) is 13.8 Å². The van der Waals surface area contributed by atoms with Crippen LogP contribution in [0.4, 0.5) is 0 Å². The number of benzene rings is 2. The van der Waals surface area contributed by atoms with Crippen LogP contribution in [0.25, 0.3) is 5.69 Å². The fraction of sp³-hybridized carbons (Fsp3) is 0.304. The molecule has 0 spiro atoms. The van der Waals surface area contributed by atoms with Crippen LogP contribution in [-0.4, -0.2) is 38.8 Å². The molecular weight excluding hydrogens is 476 g/mol. The molecule has 1 amide bonds. The SMILES string of the molecule is CC(=O)NCCCc1nnc(SCC(=O)c2ccc(Br)cc2)n1-c1ccc(C)c(C)c1. The van der Waals surface area contributed by atoms with Crippen LogP contribution in [0.3, 0.4) is 0 Å². The molecular formula is C23H25BrN4O2S. The number of hydrogen-bond acceptors (Lipinski definition) is 5. The third-order valence-electron chi connectivity index (χ3n) is 4.90. The number of nitrogens with zero attached hydrogens (tertiary/aromatic N) is 3. The summed E-state index contributed by atoms with van der Waals surface area (Å²) in [5, 5.41) is 12.2. The van der Waals surface area contributed by atoms with E-state index in [9.17, 15) is 9.59 Å². The highest BCUT2D eigenvalue weighted by molar-refractivity contribution is 9.10. The van der Waals surface area contributed by atoms with Crippen molar-refractivity contribution in [3.8, 4) is 5.69 Å². The molecule has 0 fully saturated rings. The summed E-state index contributed by atoms with van der Waals surface area (Å²) in [6.45, 7) is 6.24. The van der Waals surface area contributed by atoms with Crippen molar-refractivity contribution in [2.45, 2.75) is 38.8 Å². The van der Waals surface area contributed by atoms with Crippen LogP contribution in [-0.2, 0) is 11.2 Å². The highest BCUT2D eigenvalue weighted by Crippen LogP contribution is 2.25. The van der Waals surface area contributed by atoms with Crippen LogP contribution < -0.4 is 5.32 Å². The molecule has 0 unspecified atom stereocenters. The van der Waals surface area contributed by atoms with Crippen molar-refractivity contribution < 1.29 is 9.59 Å². The predicted molar refractivity (Wildman–Crippen MR) is 127 cm³/mol. The number of aryl methyl sites for hydroxylation is 3. The summed E-state index contributed by atoms with van der Waals surface area (Å²) in [6, 6.07) is 13.6. The van der Waals surface area contributed by atoms with Gasteiger partial charge in [0.25, 0.3) is 0 Å². The number of Topliss-reactive ketones (excluding diaryl/α,β-unsaturated/α-hetero) is 1. The van der Waals surface area contributed by atoms with E-state index < -0.39 is 0 Å². The highest BCUT2D eigenvalue weighted by Gasteiger charge is 2.17. The molecule has 3 aromatic rings. The van der Waals surface area contributed by atoms with E-state index in [-0.39, 0.29) is 17.4 Å². The number of aromatic nitrogens is 3. The maximum atomic E-state index is 12.6. The average molecular weight is 501 g/mol. The molecule has 3 rings (SSSR count). The largest absolute Gasteiger partial charge is 0.356 e. The molecule has 6 nitrogen and oxygen atoms in total. The summed E-state index contributed by atoms with van der Waals surface area (Å²) < 4.78 is 2.95. The monoisotopic (exact) mass is 500 g/mol.